The number of hydrogen-bond acceptors (Lipinski definition) is 5. The van der Waals surface area contributed by atoms with Gasteiger partial charge in [0.25, 0.3) is 0 Å². The Balaban J connectivity index is 2.03. The van der Waals surface area contributed by atoms with Crippen molar-refractivity contribution in [3.8, 4) is 0 Å². The smallest absolute Gasteiger partial charge is 0.322 e. The first-order valence-electron chi connectivity index (χ1n) is 6.01. The highest BCUT2D eigenvalue weighted by Gasteiger charge is 2.32. The molecule has 8 heteroatoms. The molecule has 1 aromatic rings. The van der Waals surface area contributed by atoms with E-state index in [9.17, 15) is 13.2 Å². The maximum atomic E-state index is 12.1. The Hall–Kier alpha value is -1.15. The first-order chi connectivity index (χ1) is 9.42. The van der Waals surface area contributed by atoms with Crippen LogP contribution in [0.5, 0.6) is 0 Å². The number of hydrogen-bond donors (Lipinski definition) is 2. The summed E-state index contributed by atoms with van der Waals surface area (Å²) >= 11 is 5.73. The van der Waals surface area contributed by atoms with Crippen LogP contribution in [-0.4, -0.2) is 40.1 Å². The van der Waals surface area contributed by atoms with E-state index in [1.54, 1.807) is 0 Å². The van der Waals surface area contributed by atoms with E-state index in [1.807, 2.05) is 0 Å². The number of ether oxygens (including phenoxy) is 1. The predicted molar refractivity (Wildman–Crippen MR) is 74.0 cm³/mol. The van der Waals surface area contributed by atoms with Crippen molar-refractivity contribution in [2.45, 2.75) is 23.4 Å². The second-order valence-corrected chi connectivity index (χ2v) is 6.64. The molecule has 1 saturated heterocycles. The summed E-state index contributed by atoms with van der Waals surface area (Å²) in [6, 6.07) is 5.08. The average Bonchev–Trinajstić information content (AvgIpc) is 2.86. The molecule has 0 saturated carbocycles. The molecule has 0 unspecified atom stereocenters. The normalized spacial score (nSPS) is 22.7. The fourth-order valence-corrected chi connectivity index (χ4v) is 3.42. The molecule has 2 rings (SSSR count). The first-order valence-corrected chi connectivity index (χ1v) is 7.87. The molecule has 0 aliphatic carbocycles. The van der Waals surface area contributed by atoms with E-state index in [2.05, 4.69) is 14.8 Å². The summed E-state index contributed by atoms with van der Waals surface area (Å²) < 4.78 is 31.5. The maximum Gasteiger partial charge on any atom is 0.322 e. The van der Waals surface area contributed by atoms with Crippen LogP contribution in [0.2, 0.25) is 5.02 Å². The van der Waals surface area contributed by atoms with Crippen molar-refractivity contribution in [1.29, 1.82) is 0 Å². The summed E-state index contributed by atoms with van der Waals surface area (Å²) in [5, 5.41) is 3.39. The summed E-state index contributed by atoms with van der Waals surface area (Å²) in [5.41, 5.74) is 0. The van der Waals surface area contributed by atoms with Crippen LogP contribution in [0.1, 0.15) is 6.42 Å². The lowest BCUT2D eigenvalue weighted by molar-refractivity contribution is -0.142. The van der Waals surface area contributed by atoms with E-state index in [0.717, 1.165) is 0 Å². The number of sulfonamides is 1. The Morgan fingerprint density at radius 3 is 2.65 bits per heavy atom. The minimum Gasteiger partial charge on any atom is -0.468 e. The Labute approximate surface area is 122 Å². The number of esters is 1. The van der Waals surface area contributed by atoms with Gasteiger partial charge >= 0.3 is 5.97 Å². The van der Waals surface area contributed by atoms with Crippen LogP contribution in [0.25, 0.3) is 0 Å². The highest BCUT2D eigenvalue weighted by molar-refractivity contribution is 7.89. The molecule has 0 amide bonds. The van der Waals surface area contributed by atoms with E-state index >= 15 is 0 Å². The van der Waals surface area contributed by atoms with Gasteiger partial charge in [0.15, 0.2) is 0 Å². The molecule has 20 heavy (non-hydrogen) atoms. The number of halogens is 1. The van der Waals surface area contributed by atoms with Crippen LogP contribution in [0.15, 0.2) is 29.2 Å². The fraction of sp³-hybridized carbons (Fsp3) is 0.417. The van der Waals surface area contributed by atoms with Crippen molar-refractivity contribution in [2.75, 3.05) is 13.7 Å². The molecule has 0 radical (unpaired) electrons. The molecule has 1 aliphatic heterocycles. The monoisotopic (exact) mass is 318 g/mol. The molecule has 1 aromatic carbocycles. The minimum absolute atomic E-state index is 0.142. The van der Waals surface area contributed by atoms with Gasteiger partial charge in [0, 0.05) is 17.6 Å². The molecular weight excluding hydrogens is 304 g/mol. The second kappa shape index (κ2) is 6.09. The van der Waals surface area contributed by atoms with Gasteiger partial charge in [0.1, 0.15) is 6.04 Å². The van der Waals surface area contributed by atoms with Crippen LogP contribution >= 0.6 is 11.6 Å². The third-order valence-corrected chi connectivity index (χ3v) is 4.85. The van der Waals surface area contributed by atoms with Gasteiger partial charge in [0.05, 0.1) is 12.0 Å². The zero-order chi connectivity index (χ0) is 14.8. The summed E-state index contributed by atoms with van der Waals surface area (Å²) in [7, 11) is -2.32. The molecule has 0 aromatic heterocycles. The lowest BCUT2D eigenvalue weighted by Crippen LogP contribution is -2.36. The molecule has 1 aliphatic rings. The number of methoxy groups -OCH3 is 1. The van der Waals surface area contributed by atoms with Crippen LogP contribution in [0.4, 0.5) is 0 Å². The molecule has 2 atom stereocenters. The van der Waals surface area contributed by atoms with Crippen LogP contribution in [-0.2, 0) is 19.6 Å². The van der Waals surface area contributed by atoms with Gasteiger partial charge in [-0.15, -0.1) is 0 Å². The standard InChI is InChI=1S/C12H15ClN2O4S/c1-19-12(16)11-6-9(7-14-11)15-20(17,18)10-4-2-8(13)3-5-10/h2-5,9,11,14-15H,6-7H2,1H3/t9-,11+/m1/s1. The summed E-state index contributed by atoms with van der Waals surface area (Å²) in [6.45, 7) is 0.382. The van der Waals surface area contributed by atoms with Crippen LogP contribution < -0.4 is 10.0 Å². The maximum absolute atomic E-state index is 12.1. The van der Waals surface area contributed by atoms with Gasteiger partial charge in [-0.25, -0.2) is 13.1 Å². The second-order valence-electron chi connectivity index (χ2n) is 4.49. The van der Waals surface area contributed by atoms with Gasteiger partial charge in [-0.05, 0) is 30.7 Å². The van der Waals surface area contributed by atoms with Gasteiger partial charge in [-0.2, -0.15) is 0 Å². The average molecular weight is 319 g/mol. The quantitative estimate of drug-likeness (QED) is 0.791. The van der Waals surface area contributed by atoms with Crippen LogP contribution in [0.3, 0.4) is 0 Å². The Morgan fingerprint density at radius 2 is 2.05 bits per heavy atom. The number of benzene rings is 1. The Kier molecular flexibility index (Phi) is 4.64. The van der Waals surface area contributed by atoms with Gasteiger partial charge in [-0.1, -0.05) is 11.6 Å². The Morgan fingerprint density at radius 1 is 1.40 bits per heavy atom. The van der Waals surface area contributed by atoms with Crippen molar-refractivity contribution in [2.24, 2.45) is 0 Å². The molecular formula is C12H15ClN2O4S. The number of carbonyl (C=O) groups excluding carboxylic acids is 1. The van der Waals surface area contributed by atoms with Crippen molar-refractivity contribution in [3.05, 3.63) is 29.3 Å². The zero-order valence-corrected chi connectivity index (χ0v) is 12.4. The topological polar surface area (TPSA) is 84.5 Å². The van der Waals surface area contributed by atoms with Crippen molar-refractivity contribution in [1.82, 2.24) is 10.0 Å². The largest absolute Gasteiger partial charge is 0.468 e. The summed E-state index contributed by atoms with van der Waals surface area (Å²) in [4.78, 5) is 11.5. The van der Waals surface area contributed by atoms with Crippen molar-refractivity contribution >= 4 is 27.6 Å². The highest BCUT2D eigenvalue weighted by Crippen LogP contribution is 2.16. The van der Waals surface area contributed by atoms with E-state index < -0.39 is 22.0 Å². The molecule has 6 nitrogen and oxygen atoms in total. The molecule has 1 heterocycles. The number of rotatable bonds is 4. The van der Waals surface area contributed by atoms with Crippen molar-refractivity contribution < 1.29 is 17.9 Å². The molecule has 0 bridgehead atoms. The number of carbonyl (C=O) groups is 1. The fourth-order valence-electron chi connectivity index (χ4n) is 2.05. The summed E-state index contributed by atoms with van der Waals surface area (Å²) in [5.74, 6) is -0.391. The van der Waals surface area contributed by atoms with Gasteiger partial charge in [0.2, 0.25) is 10.0 Å². The third kappa shape index (κ3) is 3.49. The minimum atomic E-state index is -3.62. The van der Waals surface area contributed by atoms with E-state index in [1.165, 1.54) is 31.4 Å². The molecule has 110 valence electrons. The lowest BCUT2D eigenvalue weighted by atomic mass is 10.2. The predicted octanol–water partition coefficient (Wildman–Crippen LogP) is 0.522. The zero-order valence-electron chi connectivity index (χ0n) is 10.8. The van der Waals surface area contributed by atoms with E-state index in [4.69, 9.17) is 11.6 Å². The Bertz CT molecular complexity index is 588. The molecule has 1 fully saturated rings. The van der Waals surface area contributed by atoms with Crippen molar-refractivity contribution in [3.63, 3.8) is 0 Å². The number of nitrogens with one attached hydrogen (secondary N) is 2. The van der Waals surface area contributed by atoms with Gasteiger partial charge in [-0.3, -0.25) is 4.79 Å². The summed E-state index contributed by atoms with van der Waals surface area (Å²) in [6.07, 6.45) is 0.361. The third-order valence-electron chi connectivity index (χ3n) is 3.06. The molecule has 0 spiro atoms. The van der Waals surface area contributed by atoms with Crippen LogP contribution in [0, 0.1) is 0 Å². The first kappa shape index (κ1) is 15.2. The van der Waals surface area contributed by atoms with Gasteiger partial charge < -0.3 is 10.1 Å². The van der Waals surface area contributed by atoms with E-state index in [-0.39, 0.29) is 10.9 Å². The lowest BCUT2D eigenvalue weighted by Gasteiger charge is -2.12. The molecule has 2 N–H and O–H groups in total. The highest BCUT2D eigenvalue weighted by atomic mass is 35.5. The SMILES string of the molecule is COC(=O)[C@@H]1C[C@@H](NS(=O)(=O)c2ccc(Cl)cc2)CN1. The van der Waals surface area contributed by atoms with E-state index in [0.29, 0.717) is 18.0 Å².